The van der Waals surface area contributed by atoms with E-state index in [-0.39, 0.29) is 11.8 Å². The first-order valence-electron chi connectivity index (χ1n) is 6.66. The van der Waals surface area contributed by atoms with E-state index in [9.17, 15) is 4.79 Å². The number of benzene rings is 2. The molecule has 0 radical (unpaired) electrons. The SMILES string of the molecule is NC(=O)c1nc(Nc2ccccc2)nc(-c2ccccc2)n1. The fraction of sp³-hybridized carbons (Fsp3) is 0. The Hall–Kier alpha value is -3.28. The zero-order chi connectivity index (χ0) is 15.4. The Kier molecular flexibility index (Phi) is 3.74. The topological polar surface area (TPSA) is 93.8 Å². The third-order valence-corrected chi connectivity index (χ3v) is 2.92. The molecule has 0 atom stereocenters. The van der Waals surface area contributed by atoms with Crippen LogP contribution in [0.4, 0.5) is 11.6 Å². The Balaban J connectivity index is 2.03. The first-order chi connectivity index (χ1) is 10.7. The van der Waals surface area contributed by atoms with E-state index in [0.717, 1.165) is 11.3 Å². The van der Waals surface area contributed by atoms with Crippen molar-refractivity contribution in [2.75, 3.05) is 5.32 Å². The lowest BCUT2D eigenvalue weighted by Crippen LogP contribution is -2.17. The highest BCUT2D eigenvalue weighted by Gasteiger charge is 2.12. The third-order valence-electron chi connectivity index (χ3n) is 2.92. The lowest BCUT2D eigenvalue weighted by Gasteiger charge is -2.07. The summed E-state index contributed by atoms with van der Waals surface area (Å²) in [7, 11) is 0. The number of rotatable bonds is 4. The first kappa shape index (κ1) is 13.7. The van der Waals surface area contributed by atoms with Crippen LogP contribution in [0.2, 0.25) is 0 Å². The average molecular weight is 291 g/mol. The van der Waals surface area contributed by atoms with Gasteiger partial charge < -0.3 is 11.1 Å². The van der Waals surface area contributed by atoms with Crippen molar-refractivity contribution >= 4 is 17.5 Å². The number of amides is 1. The Labute approximate surface area is 127 Å². The molecule has 0 fully saturated rings. The maximum atomic E-state index is 11.4. The van der Waals surface area contributed by atoms with Gasteiger partial charge in [0.2, 0.25) is 11.8 Å². The number of anilines is 2. The van der Waals surface area contributed by atoms with Crippen molar-refractivity contribution in [2.24, 2.45) is 5.73 Å². The van der Waals surface area contributed by atoms with Crippen LogP contribution in [0.25, 0.3) is 11.4 Å². The van der Waals surface area contributed by atoms with Gasteiger partial charge in [-0.1, -0.05) is 48.5 Å². The normalized spacial score (nSPS) is 10.2. The fourth-order valence-electron chi connectivity index (χ4n) is 1.91. The molecule has 22 heavy (non-hydrogen) atoms. The average Bonchev–Trinajstić information content (AvgIpc) is 2.56. The minimum Gasteiger partial charge on any atom is -0.363 e. The van der Waals surface area contributed by atoms with Crippen LogP contribution in [-0.4, -0.2) is 20.9 Å². The molecule has 0 aliphatic rings. The van der Waals surface area contributed by atoms with Gasteiger partial charge in [0, 0.05) is 11.3 Å². The zero-order valence-electron chi connectivity index (χ0n) is 11.6. The van der Waals surface area contributed by atoms with Gasteiger partial charge in [0.1, 0.15) is 0 Å². The Morgan fingerprint density at radius 2 is 1.50 bits per heavy atom. The fourth-order valence-corrected chi connectivity index (χ4v) is 1.91. The molecule has 0 saturated heterocycles. The van der Waals surface area contributed by atoms with Gasteiger partial charge in [-0.25, -0.2) is 4.98 Å². The molecule has 0 saturated carbocycles. The number of aromatic nitrogens is 3. The van der Waals surface area contributed by atoms with Crippen LogP contribution in [0.3, 0.4) is 0 Å². The zero-order valence-corrected chi connectivity index (χ0v) is 11.6. The standard InChI is InChI=1S/C16H13N5O/c17-13(22)15-19-14(11-7-3-1-4-8-11)20-16(21-15)18-12-9-5-2-6-10-12/h1-10H,(H2,17,22)(H,18,19,20,21). The molecular formula is C16H13N5O. The van der Waals surface area contributed by atoms with E-state index in [1.165, 1.54) is 0 Å². The predicted molar refractivity (Wildman–Crippen MR) is 83.5 cm³/mol. The number of carbonyl (C=O) groups is 1. The summed E-state index contributed by atoms with van der Waals surface area (Å²) in [5, 5.41) is 3.04. The highest BCUT2D eigenvalue weighted by molar-refractivity contribution is 5.89. The number of nitrogens with one attached hydrogen (secondary N) is 1. The van der Waals surface area contributed by atoms with Crippen molar-refractivity contribution in [1.29, 1.82) is 0 Å². The highest BCUT2D eigenvalue weighted by Crippen LogP contribution is 2.18. The number of nitrogens with two attached hydrogens (primary N) is 1. The van der Waals surface area contributed by atoms with E-state index in [2.05, 4.69) is 20.3 Å². The minimum absolute atomic E-state index is 0.0766. The predicted octanol–water partition coefficient (Wildman–Crippen LogP) is 2.38. The van der Waals surface area contributed by atoms with Gasteiger partial charge in [0.25, 0.3) is 5.91 Å². The van der Waals surface area contributed by atoms with Gasteiger partial charge >= 0.3 is 0 Å². The summed E-state index contributed by atoms with van der Waals surface area (Å²) in [6.07, 6.45) is 0. The van der Waals surface area contributed by atoms with Gasteiger partial charge in [0.15, 0.2) is 5.82 Å². The second kappa shape index (κ2) is 6.01. The van der Waals surface area contributed by atoms with E-state index >= 15 is 0 Å². The molecule has 1 aromatic heterocycles. The van der Waals surface area contributed by atoms with E-state index in [1.54, 1.807) is 0 Å². The molecule has 6 nitrogen and oxygen atoms in total. The smallest absolute Gasteiger partial charge is 0.286 e. The summed E-state index contributed by atoms with van der Waals surface area (Å²) < 4.78 is 0. The first-order valence-corrected chi connectivity index (χ1v) is 6.66. The van der Waals surface area contributed by atoms with Gasteiger partial charge in [-0.3, -0.25) is 4.79 Å². The van der Waals surface area contributed by atoms with Crippen molar-refractivity contribution in [3.05, 3.63) is 66.5 Å². The van der Waals surface area contributed by atoms with E-state index in [4.69, 9.17) is 5.73 Å². The molecule has 0 spiro atoms. The monoisotopic (exact) mass is 291 g/mol. The van der Waals surface area contributed by atoms with Crippen molar-refractivity contribution in [3.8, 4) is 11.4 Å². The van der Waals surface area contributed by atoms with Gasteiger partial charge in [0.05, 0.1) is 0 Å². The molecule has 0 aliphatic carbocycles. The number of primary amides is 1. The maximum absolute atomic E-state index is 11.4. The van der Waals surface area contributed by atoms with Crippen LogP contribution in [0.5, 0.6) is 0 Å². The molecule has 3 N–H and O–H groups in total. The molecule has 6 heteroatoms. The summed E-state index contributed by atoms with van der Waals surface area (Å²) in [5.74, 6) is -0.111. The van der Waals surface area contributed by atoms with Gasteiger partial charge in [-0.2, -0.15) is 9.97 Å². The molecule has 0 unspecified atom stereocenters. The lowest BCUT2D eigenvalue weighted by molar-refractivity contribution is 0.0990. The number of nitrogens with zero attached hydrogens (tertiary/aromatic N) is 3. The summed E-state index contributed by atoms with van der Waals surface area (Å²) in [6, 6.07) is 18.8. The Bertz CT molecular complexity index is 790. The number of hydrogen-bond donors (Lipinski definition) is 2. The van der Waals surface area contributed by atoms with Gasteiger partial charge in [-0.05, 0) is 12.1 Å². The van der Waals surface area contributed by atoms with E-state index < -0.39 is 5.91 Å². The number of para-hydroxylation sites is 1. The van der Waals surface area contributed by atoms with Crippen molar-refractivity contribution in [3.63, 3.8) is 0 Å². The second-order valence-electron chi connectivity index (χ2n) is 4.53. The minimum atomic E-state index is -0.698. The summed E-state index contributed by atoms with van der Waals surface area (Å²) in [6.45, 7) is 0. The van der Waals surface area contributed by atoms with Crippen LogP contribution in [0.15, 0.2) is 60.7 Å². The highest BCUT2D eigenvalue weighted by atomic mass is 16.1. The summed E-state index contributed by atoms with van der Waals surface area (Å²) in [4.78, 5) is 23.9. The molecule has 1 heterocycles. The molecule has 0 bridgehead atoms. The molecule has 1 amide bonds. The van der Waals surface area contributed by atoms with Crippen LogP contribution in [-0.2, 0) is 0 Å². The molecule has 3 rings (SSSR count). The molecule has 0 aliphatic heterocycles. The molecular weight excluding hydrogens is 278 g/mol. The van der Waals surface area contributed by atoms with Crippen LogP contribution < -0.4 is 11.1 Å². The van der Waals surface area contributed by atoms with Crippen molar-refractivity contribution < 1.29 is 4.79 Å². The largest absolute Gasteiger partial charge is 0.363 e. The van der Waals surface area contributed by atoms with Crippen molar-refractivity contribution in [1.82, 2.24) is 15.0 Å². The summed E-state index contributed by atoms with van der Waals surface area (Å²) >= 11 is 0. The van der Waals surface area contributed by atoms with Gasteiger partial charge in [-0.15, -0.1) is 0 Å². The van der Waals surface area contributed by atoms with Crippen LogP contribution >= 0.6 is 0 Å². The summed E-state index contributed by atoms with van der Waals surface area (Å²) in [5.41, 5.74) is 6.89. The molecule has 108 valence electrons. The Morgan fingerprint density at radius 3 is 2.14 bits per heavy atom. The van der Waals surface area contributed by atoms with Crippen molar-refractivity contribution in [2.45, 2.75) is 0 Å². The van der Waals surface area contributed by atoms with E-state index in [0.29, 0.717) is 5.82 Å². The maximum Gasteiger partial charge on any atom is 0.286 e. The third kappa shape index (κ3) is 3.06. The van der Waals surface area contributed by atoms with Crippen LogP contribution in [0.1, 0.15) is 10.6 Å². The lowest BCUT2D eigenvalue weighted by atomic mass is 10.2. The van der Waals surface area contributed by atoms with E-state index in [1.807, 2.05) is 60.7 Å². The quantitative estimate of drug-likeness (QED) is 0.769. The number of hydrogen-bond acceptors (Lipinski definition) is 5. The Morgan fingerprint density at radius 1 is 0.864 bits per heavy atom. The number of carbonyl (C=O) groups excluding carboxylic acids is 1. The second-order valence-corrected chi connectivity index (χ2v) is 4.53. The van der Waals surface area contributed by atoms with Crippen LogP contribution in [0, 0.1) is 0 Å². The molecule has 3 aromatic rings. The molecule has 2 aromatic carbocycles.